The van der Waals surface area contributed by atoms with Crippen LogP contribution in [0.2, 0.25) is 6.32 Å². The standard InChI is InChI=1S/C18H23BN4O8/c24-6-4-12-7-23(21-20-12)10-15(25)22-8-13(9-22)31-14-2-1-11(3-5-19(29)30)17(26)16(14)18(27)28/h1-2,7,13,24,26,29-30H,3-6,8-10H2,(H,27,28). The van der Waals surface area contributed by atoms with Crippen molar-refractivity contribution in [2.24, 2.45) is 0 Å². The van der Waals surface area contributed by atoms with Crippen LogP contribution in [-0.2, 0) is 24.2 Å². The second kappa shape index (κ2) is 9.77. The molecule has 1 aromatic carbocycles. The summed E-state index contributed by atoms with van der Waals surface area (Å²) in [7, 11) is -1.57. The molecule has 0 bridgehead atoms. The maximum atomic E-state index is 12.3. The highest BCUT2D eigenvalue weighted by atomic mass is 16.5. The molecule has 13 heteroatoms. The summed E-state index contributed by atoms with van der Waals surface area (Å²) < 4.78 is 7.05. The zero-order valence-electron chi connectivity index (χ0n) is 16.6. The highest BCUT2D eigenvalue weighted by Crippen LogP contribution is 2.34. The Morgan fingerprint density at radius 1 is 1.23 bits per heavy atom. The van der Waals surface area contributed by atoms with E-state index in [1.54, 1.807) is 6.20 Å². The molecule has 2 aromatic rings. The molecule has 1 saturated heterocycles. The fourth-order valence-corrected chi connectivity index (χ4v) is 3.19. The molecule has 0 atom stereocenters. The minimum atomic E-state index is -1.57. The number of phenols is 1. The smallest absolute Gasteiger partial charge is 0.451 e. The van der Waals surface area contributed by atoms with Crippen molar-refractivity contribution in [2.45, 2.75) is 31.8 Å². The van der Waals surface area contributed by atoms with Gasteiger partial charge in [0.05, 0.1) is 18.8 Å². The molecule has 0 radical (unpaired) electrons. The molecule has 0 aliphatic carbocycles. The molecular formula is C18H23BN4O8. The number of ether oxygens (including phenoxy) is 1. The Bertz CT molecular complexity index is 945. The molecule has 1 aliphatic heterocycles. The molecule has 1 aromatic heterocycles. The van der Waals surface area contributed by atoms with Crippen LogP contribution in [0.4, 0.5) is 0 Å². The van der Waals surface area contributed by atoms with Crippen molar-refractivity contribution in [1.82, 2.24) is 19.9 Å². The lowest BCUT2D eigenvalue weighted by atomic mass is 9.82. The summed E-state index contributed by atoms with van der Waals surface area (Å²) >= 11 is 0. The molecule has 1 amide bonds. The summed E-state index contributed by atoms with van der Waals surface area (Å²) in [5.41, 5.74) is 0.434. The van der Waals surface area contributed by atoms with Gasteiger partial charge in [0.1, 0.15) is 29.7 Å². The molecule has 12 nitrogen and oxygen atoms in total. The minimum Gasteiger partial charge on any atom is -0.507 e. The molecule has 2 heterocycles. The molecule has 166 valence electrons. The number of likely N-dealkylation sites (tertiary alicyclic amines) is 1. The van der Waals surface area contributed by atoms with Gasteiger partial charge >= 0.3 is 13.1 Å². The minimum absolute atomic E-state index is 0.0162. The van der Waals surface area contributed by atoms with Crippen molar-refractivity contribution in [1.29, 1.82) is 0 Å². The number of hydrogen-bond acceptors (Lipinski definition) is 9. The Balaban J connectivity index is 1.58. The third kappa shape index (κ3) is 5.51. The summed E-state index contributed by atoms with van der Waals surface area (Å²) in [6, 6.07) is 2.88. The van der Waals surface area contributed by atoms with E-state index < -0.39 is 30.5 Å². The molecule has 5 N–H and O–H groups in total. The van der Waals surface area contributed by atoms with Gasteiger partial charge in [0.15, 0.2) is 0 Å². The van der Waals surface area contributed by atoms with Crippen molar-refractivity contribution in [3.8, 4) is 11.5 Å². The molecule has 31 heavy (non-hydrogen) atoms. The lowest BCUT2D eigenvalue weighted by Crippen LogP contribution is -2.57. The Hall–Kier alpha value is -3.16. The SMILES string of the molecule is O=C(O)c1c(OC2CN(C(=O)Cn3cc(CCO)nn3)C2)ccc(CCB(O)O)c1O. The predicted molar refractivity (Wildman–Crippen MR) is 106 cm³/mol. The number of aromatic nitrogens is 3. The van der Waals surface area contributed by atoms with Crippen molar-refractivity contribution < 1.29 is 39.7 Å². The summed E-state index contributed by atoms with van der Waals surface area (Å²) in [6.45, 7) is 0.415. The molecule has 0 spiro atoms. The second-order valence-corrected chi connectivity index (χ2v) is 7.19. The van der Waals surface area contributed by atoms with Crippen LogP contribution >= 0.6 is 0 Å². The fraction of sp³-hybridized carbons (Fsp3) is 0.444. The number of aliphatic hydroxyl groups is 1. The van der Waals surface area contributed by atoms with E-state index >= 15 is 0 Å². The maximum Gasteiger partial charge on any atom is 0.451 e. The number of aryl methyl sites for hydroxylation is 1. The number of amides is 1. The van der Waals surface area contributed by atoms with Crippen molar-refractivity contribution in [3.63, 3.8) is 0 Å². The first-order chi connectivity index (χ1) is 14.8. The van der Waals surface area contributed by atoms with E-state index in [0.29, 0.717) is 12.1 Å². The molecule has 0 saturated carbocycles. The summed E-state index contributed by atoms with van der Waals surface area (Å²) in [4.78, 5) is 25.5. The normalized spacial score (nSPS) is 13.7. The van der Waals surface area contributed by atoms with E-state index in [2.05, 4.69) is 10.3 Å². The summed E-state index contributed by atoms with van der Waals surface area (Å²) in [6.07, 6.45) is 1.53. The Kier molecular flexibility index (Phi) is 7.10. The van der Waals surface area contributed by atoms with Crippen LogP contribution in [-0.4, -0.2) is 90.1 Å². The van der Waals surface area contributed by atoms with Gasteiger partial charge in [-0.1, -0.05) is 11.3 Å². The number of carboxylic acid groups (broad SMARTS) is 1. The second-order valence-electron chi connectivity index (χ2n) is 7.19. The van der Waals surface area contributed by atoms with Gasteiger partial charge in [-0.05, 0) is 24.4 Å². The van der Waals surface area contributed by atoms with Crippen molar-refractivity contribution in [2.75, 3.05) is 19.7 Å². The molecule has 3 rings (SSSR count). The lowest BCUT2D eigenvalue weighted by molar-refractivity contribution is -0.140. The number of carbonyl (C=O) groups excluding carboxylic acids is 1. The van der Waals surface area contributed by atoms with Crippen molar-refractivity contribution in [3.05, 3.63) is 35.2 Å². The van der Waals surface area contributed by atoms with Crippen LogP contribution in [0.5, 0.6) is 11.5 Å². The van der Waals surface area contributed by atoms with Gasteiger partial charge in [0.25, 0.3) is 0 Å². The molecule has 0 unspecified atom stereocenters. The monoisotopic (exact) mass is 434 g/mol. The Labute approximate surface area is 177 Å². The summed E-state index contributed by atoms with van der Waals surface area (Å²) in [5.74, 6) is -2.10. The first-order valence-corrected chi connectivity index (χ1v) is 9.67. The van der Waals surface area contributed by atoms with Gasteiger partial charge in [-0.15, -0.1) is 5.10 Å². The van der Waals surface area contributed by atoms with E-state index in [0.717, 1.165) is 0 Å². The highest BCUT2D eigenvalue weighted by Gasteiger charge is 2.34. The van der Waals surface area contributed by atoms with Crippen LogP contribution in [0.3, 0.4) is 0 Å². The number of benzene rings is 1. The maximum absolute atomic E-state index is 12.3. The number of carboxylic acids is 1. The number of rotatable bonds is 10. The van der Waals surface area contributed by atoms with Gasteiger partial charge in [-0.25, -0.2) is 9.48 Å². The average Bonchev–Trinajstić information content (AvgIpc) is 3.10. The molecular weight excluding hydrogens is 411 g/mol. The molecule has 1 fully saturated rings. The number of carbonyl (C=O) groups is 2. The van der Waals surface area contributed by atoms with E-state index in [9.17, 15) is 19.8 Å². The first kappa shape index (κ1) is 22.5. The van der Waals surface area contributed by atoms with Gasteiger partial charge < -0.3 is 35.0 Å². The Morgan fingerprint density at radius 3 is 2.61 bits per heavy atom. The van der Waals surface area contributed by atoms with Crippen LogP contribution in [0.25, 0.3) is 0 Å². The molecule has 1 aliphatic rings. The Morgan fingerprint density at radius 2 is 1.97 bits per heavy atom. The quantitative estimate of drug-likeness (QED) is 0.277. The van der Waals surface area contributed by atoms with Crippen LogP contribution in [0.1, 0.15) is 21.6 Å². The van der Waals surface area contributed by atoms with Crippen molar-refractivity contribution >= 4 is 19.0 Å². The van der Waals surface area contributed by atoms with E-state index in [-0.39, 0.29) is 56.2 Å². The first-order valence-electron chi connectivity index (χ1n) is 9.67. The predicted octanol–water partition coefficient (Wildman–Crippen LogP) is -1.48. The number of aliphatic hydroxyl groups excluding tert-OH is 1. The number of nitrogens with zero attached hydrogens (tertiary/aromatic N) is 4. The van der Waals surface area contributed by atoms with Gasteiger partial charge in [-0.2, -0.15) is 0 Å². The number of aromatic carboxylic acids is 1. The zero-order valence-corrected chi connectivity index (χ0v) is 16.6. The number of aromatic hydroxyl groups is 1. The lowest BCUT2D eigenvalue weighted by Gasteiger charge is -2.39. The number of hydrogen-bond donors (Lipinski definition) is 5. The van der Waals surface area contributed by atoms with E-state index in [1.165, 1.54) is 21.7 Å². The topological polar surface area (TPSA) is 178 Å². The van der Waals surface area contributed by atoms with Crippen LogP contribution in [0, 0.1) is 0 Å². The third-order valence-corrected chi connectivity index (χ3v) is 4.85. The van der Waals surface area contributed by atoms with Crippen LogP contribution < -0.4 is 4.74 Å². The van der Waals surface area contributed by atoms with Gasteiger partial charge in [-0.3, -0.25) is 4.79 Å². The van der Waals surface area contributed by atoms with Gasteiger partial charge in [0.2, 0.25) is 5.91 Å². The van der Waals surface area contributed by atoms with Gasteiger partial charge in [0, 0.05) is 19.2 Å². The van der Waals surface area contributed by atoms with E-state index in [4.69, 9.17) is 19.9 Å². The fourth-order valence-electron chi connectivity index (χ4n) is 3.19. The zero-order chi connectivity index (χ0) is 22.5. The largest absolute Gasteiger partial charge is 0.507 e. The average molecular weight is 434 g/mol. The van der Waals surface area contributed by atoms with E-state index in [1.807, 2.05) is 0 Å². The summed E-state index contributed by atoms with van der Waals surface area (Å²) in [5, 5.41) is 54.2. The highest BCUT2D eigenvalue weighted by molar-refractivity contribution is 6.41. The van der Waals surface area contributed by atoms with Crippen LogP contribution in [0.15, 0.2) is 18.3 Å². The third-order valence-electron chi connectivity index (χ3n) is 4.85.